The first-order chi connectivity index (χ1) is 12.3. The quantitative estimate of drug-likeness (QED) is 0.514. The van der Waals surface area contributed by atoms with Gasteiger partial charge in [0.1, 0.15) is 5.75 Å². The number of nitrogens with zero attached hydrogens (tertiary/aromatic N) is 2. The Balaban J connectivity index is 1.91. The van der Waals surface area contributed by atoms with Gasteiger partial charge in [-0.25, -0.2) is 9.79 Å². The molecule has 1 aliphatic heterocycles. The van der Waals surface area contributed by atoms with Crippen LogP contribution in [0.2, 0.25) is 0 Å². The minimum Gasteiger partial charge on any atom is -0.507 e. The van der Waals surface area contributed by atoms with Crippen molar-refractivity contribution < 1.29 is 19.8 Å². The predicted molar refractivity (Wildman–Crippen MR) is 110 cm³/mol. The largest absolute Gasteiger partial charge is 0.507 e. The molecule has 2 aromatic rings. The highest BCUT2D eigenvalue weighted by Crippen LogP contribution is 2.34. The Morgan fingerprint density at radius 1 is 1.27 bits per heavy atom. The second-order valence-corrected chi connectivity index (χ2v) is 7.61. The number of phenolic OH excluding ortho intramolecular Hbond substituents is 1. The molecule has 26 heavy (non-hydrogen) atoms. The van der Waals surface area contributed by atoms with Gasteiger partial charge >= 0.3 is 5.97 Å². The Kier molecular flexibility index (Phi) is 5.33. The van der Waals surface area contributed by atoms with E-state index in [9.17, 15) is 14.7 Å². The third kappa shape index (κ3) is 3.91. The summed E-state index contributed by atoms with van der Waals surface area (Å²) < 4.78 is 0.695. The standard InChI is InChI=1S/C18H13IN2O4S/c1-21-16(23)15(8-10-5-6-14(22)13(19)7-10)26-18(21)20-12-4-2-3-11(9-12)17(24)25/h2-9,22H,1H3,(H,24,25). The molecule has 0 saturated carbocycles. The molecule has 0 bridgehead atoms. The number of aromatic hydroxyl groups is 1. The number of amidine groups is 1. The molecule has 1 fully saturated rings. The SMILES string of the molecule is CN1C(=O)C(=Cc2ccc(O)c(I)c2)SC1=Nc1cccc(C(=O)O)c1. The number of thioether (sulfide) groups is 1. The van der Waals surface area contributed by atoms with Gasteiger partial charge in [0.2, 0.25) is 0 Å². The lowest BCUT2D eigenvalue weighted by molar-refractivity contribution is -0.121. The van der Waals surface area contributed by atoms with Gasteiger partial charge in [-0.05, 0) is 76.3 Å². The van der Waals surface area contributed by atoms with Gasteiger partial charge in [-0.3, -0.25) is 9.69 Å². The number of carbonyl (C=O) groups is 2. The summed E-state index contributed by atoms with van der Waals surface area (Å²) in [5.74, 6) is -1.03. The number of carboxylic acid groups (broad SMARTS) is 1. The van der Waals surface area contributed by atoms with Crippen molar-refractivity contribution in [2.75, 3.05) is 7.05 Å². The normalized spacial score (nSPS) is 17.3. The first-order valence-electron chi connectivity index (χ1n) is 7.43. The molecular formula is C18H13IN2O4S. The third-order valence-electron chi connectivity index (χ3n) is 3.59. The van der Waals surface area contributed by atoms with E-state index in [-0.39, 0.29) is 17.2 Å². The van der Waals surface area contributed by atoms with E-state index in [1.54, 1.807) is 43.5 Å². The van der Waals surface area contributed by atoms with E-state index in [1.165, 1.54) is 28.8 Å². The van der Waals surface area contributed by atoms with Crippen LogP contribution in [0.4, 0.5) is 5.69 Å². The van der Waals surface area contributed by atoms with Crippen LogP contribution in [0, 0.1) is 3.57 Å². The summed E-state index contributed by atoms with van der Waals surface area (Å²) in [5.41, 5.74) is 1.40. The maximum Gasteiger partial charge on any atom is 0.335 e. The number of aromatic carboxylic acids is 1. The molecule has 0 spiro atoms. The van der Waals surface area contributed by atoms with Crippen LogP contribution in [0.5, 0.6) is 5.75 Å². The molecule has 2 N–H and O–H groups in total. The zero-order chi connectivity index (χ0) is 18.8. The summed E-state index contributed by atoms with van der Waals surface area (Å²) in [6, 6.07) is 11.3. The number of rotatable bonds is 3. The molecule has 0 aromatic heterocycles. The van der Waals surface area contributed by atoms with Gasteiger partial charge in [0.15, 0.2) is 5.17 Å². The molecule has 0 unspecified atom stereocenters. The van der Waals surface area contributed by atoms with E-state index >= 15 is 0 Å². The number of phenols is 1. The fourth-order valence-electron chi connectivity index (χ4n) is 2.23. The van der Waals surface area contributed by atoms with E-state index in [0.29, 0.717) is 19.3 Å². The molecule has 8 heteroatoms. The van der Waals surface area contributed by atoms with Crippen molar-refractivity contribution in [2.45, 2.75) is 0 Å². The number of aliphatic imine (C=N–C) groups is 1. The Morgan fingerprint density at radius 2 is 2.04 bits per heavy atom. The molecule has 0 radical (unpaired) electrons. The van der Waals surface area contributed by atoms with Crippen LogP contribution in [-0.4, -0.2) is 39.2 Å². The molecule has 3 rings (SSSR count). The minimum atomic E-state index is -1.03. The first kappa shape index (κ1) is 18.5. The van der Waals surface area contributed by atoms with Crippen molar-refractivity contribution in [3.8, 4) is 5.75 Å². The lowest BCUT2D eigenvalue weighted by Crippen LogP contribution is -2.23. The Hall–Kier alpha value is -2.33. The molecule has 1 saturated heterocycles. The van der Waals surface area contributed by atoms with Crippen LogP contribution in [0.1, 0.15) is 15.9 Å². The van der Waals surface area contributed by atoms with Crippen molar-refractivity contribution in [2.24, 2.45) is 4.99 Å². The summed E-state index contributed by atoms with van der Waals surface area (Å²) in [5, 5.41) is 19.1. The number of hydrogen-bond donors (Lipinski definition) is 2. The molecule has 0 atom stereocenters. The van der Waals surface area contributed by atoms with E-state index in [4.69, 9.17) is 5.11 Å². The van der Waals surface area contributed by atoms with E-state index in [0.717, 1.165) is 5.56 Å². The highest BCUT2D eigenvalue weighted by Gasteiger charge is 2.30. The van der Waals surface area contributed by atoms with E-state index < -0.39 is 5.97 Å². The molecule has 1 amide bonds. The van der Waals surface area contributed by atoms with Crippen LogP contribution in [0.15, 0.2) is 52.4 Å². The number of halogens is 1. The van der Waals surface area contributed by atoms with Gasteiger partial charge < -0.3 is 10.2 Å². The van der Waals surface area contributed by atoms with Crippen molar-refractivity contribution in [1.29, 1.82) is 0 Å². The zero-order valence-corrected chi connectivity index (χ0v) is 16.5. The Morgan fingerprint density at radius 3 is 2.73 bits per heavy atom. The fourth-order valence-corrected chi connectivity index (χ4v) is 3.76. The number of likely N-dealkylation sites (N-methyl/N-ethyl adjacent to an activating group) is 1. The van der Waals surface area contributed by atoms with E-state index in [2.05, 4.69) is 4.99 Å². The highest BCUT2D eigenvalue weighted by atomic mass is 127. The molecule has 132 valence electrons. The summed E-state index contributed by atoms with van der Waals surface area (Å²) in [7, 11) is 1.62. The van der Waals surface area contributed by atoms with E-state index in [1.807, 2.05) is 22.6 Å². The Labute approximate surface area is 167 Å². The summed E-state index contributed by atoms with van der Waals surface area (Å²) in [6.45, 7) is 0. The van der Waals surface area contributed by atoms with Crippen molar-refractivity contribution >= 4 is 63.2 Å². The first-order valence-corrected chi connectivity index (χ1v) is 9.33. The molecule has 2 aromatic carbocycles. The molecule has 6 nitrogen and oxygen atoms in total. The van der Waals surface area contributed by atoms with Crippen LogP contribution in [-0.2, 0) is 4.79 Å². The number of hydrogen-bond acceptors (Lipinski definition) is 5. The second kappa shape index (κ2) is 7.50. The second-order valence-electron chi connectivity index (χ2n) is 5.44. The van der Waals surface area contributed by atoms with Crippen LogP contribution >= 0.6 is 34.4 Å². The fraction of sp³-hybridized carbons (Fsp3) is 0.0556. The van der Waals surface area contributed by atoms with Crippen LogP contribution in [0.3, 0.4) is 0 Å². The molecule has 1 heterocycles. The maximum atomic E-state index is 12.4. The number of carboxylic acids is 1. The van der Waals surface area contributed by atoms with Crippen molar-refractivity contribution in [1.82, 2.24) is 4.90 Å². The predicted octanol–water partition coefficient (Wildman–Crippen LogP) is 3.93. The number of amides is 1. The molecule has 0 aliphatic carbocycles. The smallest absolute Gasteiger partial charge is 0.335 e. The Bertz CT molecular complexity index is 971. The monoisotopic (exact) mass is 480 g/mol. The number of benzene rings is 2. The topological polar surface area (TPSA) is 90.2 Å². The average molecular weight is 480 g/mol. The summed E-state index contributed by atoms with van der Waals surface area (Å²) in [6.07, 6.45) is 1.74. The zero-order valence-electron chi connectivity index (χ0n) is 13.5. The minimum absolute atomic E-state index is 0.137. The number of carbonyl (C=O) groups excluding carboxylic acids is 1. The van der Waals surface area contributed by atoms with Gasteiger partial charge in [-0.15, -0.1) is 0 Å². The maximum absolute atomic E-state index is 12.4. The summed E-state index contributed by atoms with van der Waals surface area (Å²) in [4.78, 5) is 29.8. The molecule has 1 aliphatic rings. The van der Waals surface area contributed by atoms with Gasteiger partial charge in [-0.1, -0.05) is 12.1 Å². The van der Waals surface area contributed by atoms with Crippen molar-refractivity contribution in [3.63, 3.8) is 0 Å². The van der Waals surface area contributed by atoms with Gasteiger partial charge in [0, 0.05) is 7.05 Å². The molecular weight excluding hydrogens is 467 g/mol. The summed E-state index contributed by atoms with van der Waals surface area (Å²) >= 11 is 3.24. The van der Waals surface area contributed by atoms with Crippen LogP contribution in [0.25, 0.3) is 6.08 Å². The van der Waals surface area contributed by atoms with Gasteiger partial charge in [-0.2, -0.15) is 0 Å². The van der Waals surface area contributed by atoms with Crippen LogP contribution < -0.4 is 0 Å². The lowest BCUT2D eigenvalue weighted by atomic mass is 10.2. The highest BCUT2D eigenvalue weighted by molar-refractivity contribution is 14.1. The van der Waals surface area contributed by atoms with Gasteiger partial charge in [0.25, 0.3) is 5.91 Å². The van der Waals surface area contributed by atoms with Crippen molar-refractivity contribution in [3.05, 3.63) is 62.1 Å². The average Bonchev–Trinajstić information content (AvgIpc) is 2.86. The third-order valence-corrected chi connectivity index (χ3v) is 5.52. The van der Waals surface area contributed by atoms with Gasteiger partial charge in [0.05, 0.1) is 19.7 Å². The lowest BCUT2D eigenvalue weighted by Gasteiger charge is -2.07.